The van der Waals surface area contributed by atoms with E-state index >= 15 is 0 Å². The molecule has 0 aromatic rings. The summed E-state index contributed by atoms with van der Waals surface area (Å²) in [5.74, 6) is -0.349. The summed E-state index contributed by atoms with van der Waals surface area (Å²) >= 11 is 0. The molecule has 2 N–H and O–H groups in total. The van der Waals surface area contributed by atoms with Gasteiger partial charge >= 0.3 is 5.97 Å². The zero-order valence-corrected chi connectivity index (χ0v) is 8.04. The average Bonchev–Trinajstić information content (AvgIpc) is 2.03. The van der Waals surface area contributed by atoms with Crippen LogP contribution < -0.4 is 5.73 Å². The Morgan fingerprint density at radius 1 is 1.67 bits per heavy atom. The van der Waals surface area contributed by atoms with Gasteiger partial charge in [-0.3, -0.25) is 4.79 Å². The second kappa shape index (κ2) is 5.97. The summed E-state index contributed by atoms with van der Waals surface area (Å²) in [7, 11) is 3.29. The highest BCUT2D eigenvalue weighted by Gasteiger charge is 2.14. The van der Waals surface area contributed by atoms with E-state index in [1.54, 1.807) is 0 Å². The third kappa shape index (κ3) is 4.31. The molecule has 12 heavy (non-hydrogen) atoms. The lowest BCUT2D eigenvalue weighted by atomic mass is 10.3. The van der Waals surface area contributed by atoms with Crippen molar-refractivity contribution < 1.29 is 9.53 Å². The zero-order chi connectivity index (χ0) is 9.56. The monoisotopic (exact) mass is 174 g/mol. The number of nitrogens with zero attached hydrogens (tertiary/aromatic N) is 1. The van der Waals surface area contributed by atoms with E-state index in [9.17, 15) is 4.79 Å². The fraction of sp³-hybridized carbons (Fsp3) is 0.875. The summed E-state index contributed by atoms with van der Waals surface area (Å²) in [5.41, 5.74) is 5.54. The van der Waals surface area contributed by atoms with E-state index in [1.165, 1.54) is 7.11 Å². The minimum Gasteiger partial charge on any atom is -0.468 e. The summed E-state index contributed by atoms with van der Waals surface area (Å²) in [6.45, 7) is 3.59. The van der Waals surface area contributed by atoms with Gasteiger partial charge < -0.3 is 15.4 Å². The highest BCUT2D eigenvalue weighted by molar-refractivity contribution is 5.75. The molecule has 0 radical (unpaired) electrons. The van der Waals surface area contributed by atoms with E-state index in [4.69, 9.17) is 5.73 Å². The highest BCUT2D eigenvalue weighted by atomic mass is 16.5. The van der Waals surface area contributed by atoms with Crippen LogP contribution in [0.3, 0.4) is 0 Å². The van der Waals surface area contributed by atoms with Crippen LogP contribution in [0.5, 0.6) is 0 Å². The van der Waals surface area contributed by atoms with Gasteiger partial charge in [0.2, 0.25) is 0 Å². The van der Waals surface area contributed by atoms with Crippen LogP contribution in [0.2, 0.25) is 0 Å². The first-order valence-corrected chi connectivity index (χ1v) is 4.13. The molecule has 0 aromatic heterocycles. The Hall–Kier alpha value is -0.610. The number of likely N-dealkylation sites (N-methyl/N-ethyl adjacent to an activating group) is 1. The third-order valence-corrected chi connectivity index (χ3v) is 1.62. The number of nitrogens with two attached hydrogens (primary N) is 1. The number of ether oxygens (including phenoxy) is 1. The molecule has 0 bridgehead atoms. The van der Waals surface area contributed by atoms with Crippen molar-refractivity contribution in [3.05, 3.63) is 0 Å². The average molecular weight is 174 g/mol. The number of carbonyl (C=O) groups excluding carboxylic acids is 1. The van der Waals surface area contributed by atoms with Crippen LogP contribution in [0.4, 0.5) is 0 Å². The molecule has 0 saturated carbocycles. The number of rotatable bonds is 5. The predicted molar refractivity (Wildman–Crippen MR) is 47.8 cm³/mol. The fourth-order valence-corrected chi connectivity index (χ4v) is 1.03. The Morgan fingerprint density at radius 2 is 2.25 bits per heavy atom. The standard InChI is InChI=1S/C8H18N2O2/c1-4-5-10(2)6-7(9)8(11)12-3/h7H,4-6,9H2,1-3H3. The molecule has 0 aliphatic carbocycles. The number of esters is 1. The van der Waals surface area contributed by atoms with Crippen molar-refractivity contribution in [2.24, 2.45) is 5.73 Å². The van der Waals surface area contributed by atoms with Crippen LogP contribution in [-0.2, 0) is 9.53 Å². The van der Waals surface area contributed by atoms with Crippen LogP contribution in [0, 0.1) is 0 Å². The summed E-state index contributed by atoms with van der Waals surface area (Å²) in [5, 5.41) is 0. The largest absolute Gasteiger partial charge is 0.468 e. The molecule has 0 saturated heterocycles. The second-order valence-corrected chi connectivity index (χ2v) is 2.89. The van der Waals surface area contributed by atoms with Crippen molar-refractivity contribution in [1.82, 2.24) is 4.90 Å². The Labute approximate surface area is 73.7 Å². The molecular formula is C8H18N2O2. The van der Waals surface area contributed by atoms with Gasteiger partial charge in [0.05, 0.1) is 7.11 Å². The molecule has 0 heterocycles. The minimum absolute atomic E-state index is 0.349. The van der Waals surface area contributed by atoms with E-state index in [0.717, 1.165) is 13.0 Å². The number of hydrogen-bond acceptors (Lipinski definition) is 4. The number of carbonyl (C=O) groups is 1. The first-order valence-electron chi connectivity index (χ1n) is 4.13. The SMILES string of the molecule is CCCN(C)CC(N)C(=O)OC. The first kappa shape index (κ1) is 11.4. The molecule has 0 spiro atoms. The van der Waals surface area contributed by atoms with E-state index in [1.807, 2.05) is 11.9 Å². The van der Waals surface area contributed by atoms with Gasteiger partial charge in [0, 0.05) is 6.54 Å². The molecular weight excluding hydrogens is 156 g/mol. The van der Waals surface area contributed by atoms with E-state index in [-0.39, 0.29) is 5.97 Å². The molecule has 1 unspecified atom stereocenters. The van der Waals surface area contributed by atoms with Gasteiger partial charge in [-0.2, -0.15) is 0 Å². The maximum Gasteiger partial charge on any atom is 0.323 e. The topological polar surface area (TPSA) is 55.6 Å². The van der Waals surface area contributed by atoms with Gasteiger partial charge in [0.15, 0.2) is 0 Å². The van der Waals surface area contributed by atoms with Crippen LogP contribution in [0.15, 0.2) is 0 Å². The van der Waals surface area contributed by atoms with Crippen molar-refractivity contribution in [2.75, 3.05) is 27.2 Å². The van der Waals surface area contributed by atoms with Gasteiger partial charge in [-0.05, 0) is 20.0 Å². The smallest absolute Gasteiger partial charge is 0.323 e. The Kier molecular flexibility index (Phi) is 5.66. The molecule has 0 aliphatic heterocycles. The van der Waals surface area contributed by atoms with Gasteiger partial charge in [-0.25, -0.2) is 0 Å². The van der Waals surface area contributed by atoms with Gasteiger partial charge in [0.1, 0.15) is 6.04 Å². The van der Waals surface area contributed by atoms with Crippen molar-refractivity contribution in [1.29, 1.82) is 0 Å². The number of hydrogen-bond donors (Lipinski definition) is 1. The van der Waals surface area contributed by atoms with Gasteiger partial charge in [-0.15, -0.1) is 0 Å². The van der Waals surface area contributed by atoms with Crippen molar-refractivity contribution in [2.45, 2.75) is 19.4 Å². The second-order valence-electron chi connectivity index (χ2n) is 2.89. The van der Waals surface area contributed by atoms with Crippen molar-refractivity contribution >= 4 is 5.97 Å². The third-order valence-electron chi connectivity index (χ3n) is 1.62. The van der Waals surface area contributed by atoms with Crippen LogP contribution in [0.25, 0.3) is 0 Å². The molecule has 0 aromatic carbocycles. The van der Waals surface area contributed by atoms with Crippen LogP contribution in [-0.4, -0.2) is 44.2 Å². The number of methoxy groups -OCH3 is 1. The lowest BCUT2D eigenvalue weighted by Crippen LogP contribution is -2.42. The molecule has 0 amide bonds. The van der Waals surface area contributed by atoms with E-state index in [0.29, 0.717) is 6.54 Å². The summed E-state index contributed by atoms with van der Waals surface area (Å²) < 4.78 is 4.50. The van der Waals surface area contributed by atoms with E-state index in [2.05, 4.69) is 11.7 Å². The quantitative estimate of drug-likeness (QED) is 0.588. The summed E-state index contributed by atoms with van der Waals surface area (Å²) in [6, 6.07) is -0.522. The van der Waals surface area contributed by atoms with Crippen LogP contribution in [0.1, 0.15) is 13.3 Å². The molecule has 4 heteroatoms. The maximum absolute atomic E-state index is 10.9. The minimum atomic E-state index is -0.522. The van der Waals surface area contributed by atoms with Gasteiger partial charge in [0.25, 0.3) is 0 Å². The normalized spacial score (nSPS) is 13.1. The molecule has 72 valence electrons. The highest BCUT2D eigenvalue weighted by Crippen LogP contribution is 1.90. The summed E-state index contributed by atoms with van der Waals surface area (Å²) in [6.07, 6.45) is 1.06. The fourth-order valence-electron chi connectivity index (χ4n) is 1.03. The lowest BCUT2D eigenvalue weighted by Gasteiger charge is -2.18. The lowest BCUT2D eigenvalue weighted by molar-refractivity contribution is -0.142. The predicted octanol–water partition coefficient (Wildman–Crippen LogP) is -0.171. The van der Waals surface area contributed by atoms with Crippen molar-refractivity contribution in [3.63, 3.8) is 0 Å². The van der Waals surface area contributed by atoms with E-state index < -0.39 is 6.04 Å². The zero-order valence-electron chi connectivity index (χ0n) is 8.04. The Bertz CT molecular complexity index is 139. The van der Waals surface area contributed by atoms with Gasteiger partial charge in [-0.1, -0.05) is 6.92 Å². The Morgan fingerprint density at radius 3 is 2.67 bits per heavy atom. The van der Waals surface area contributed by atoms with Crippen LogP contribution >= 0.6 is 0 Å². The maximum atomic E-state index is 10.9. The Balaban J connectivity index is 3.67. The molecule has 0 fully saturated rings. The molecule has 0 rings (SSSR count). The van der Waals surface area contributed by atoms with Crippen molar-refractivity contribution in [3.8, 4) is 0 Å². The summed E-state index contributed by atoms with van der Waals surface area (Å²) in [4.78, 5) is 12.9. The molecule has 1 atom stereocenters. The molecule has 4 nitrogen and oxygen atoms in total. The molecule has 0 aliphatic rings. The first-order chi connectivity index (χ1) is 5.61.